The predicted octanol–water partition coefficient (Wildman–Crippen LogP) is 2.23. The van der Waals surface area contributed by atoms with E-state index in [0.717, 1.165) is 5.65 Å². The highest BCUT2D eigenvalue weighted by atomic mass is 35.5. The molecule has 0 saturated carbocycles. The molecule has 2 aromatic heterocycles. The molecular formula is C14H22Cl2N4O. The summed E-state index contributed by atoms with van der Waals surface area (Å²) in [5.41, 5.74) is 7.11. The zero-order chi connectivity index (χ0) is 14.0. The van der Waals surface area contributed by atoms with Crippen molar-refractivity contribution in [1.29, 1.82) is 0 Å². The summed E-state index contributed by atoms with van der Waals surface area (Å²) in [6.45, 7) is 5.28. The fourth-order valence-corrected chi connectivity index (χ4v) is 2.05. The standard InChI is InChI=1S/C14H20N4O.2ClH/c1-14(2,9-15)10-17(3)13(19)11-4-5-12-16-6-7-18(12)8-11;;/h4-8H,9-10,15H2,1-3H3;2*1H. The van der Waals surface area contributed by atoms with Crippen molar-refractivity contribution < 1.29 is 4.79 Å². The molecule has 2 rings (SSSR count). The largest absolute Gasteiger partial charge is 0.341 e. The Morgan fingerprint density at radius 2 is 2.05 bits per heavy atom. The van der Waals surface area contributed by atoms with Crippen LogP contribution in [0.1, 0.15) is 24.2 Å². The molecule has 118 valence electrons. The van der Waals surface area contributed by atoms with Crippen LogP contribution in [0, 0.1) is 5.41 Å². The van der Waals surface area contributed by atoms with Crippen LogP contribution in [0.2, 0.25) is 0 Å². The van der Waals surface area contributed by atoms with Gasteiger partial charge in [-0.3, -0.25) is 4.79 Å². The molecule has 0 aliphatic heterocycles. The zero-order valence-corrected chi connectivity index (χ0v) is 14.1. The van der Waals surface area contributed by atoms with Crippen LogP contribution in [0.3, 0.4) is 0 Å². The van der Waals surface area contributed by atoms with Crippen molar-refractivity contribution in [3.05, 3.63) is 36.3 Å². The third kappa shape index (κ3) is 4.59. The van der Waals surface area contributed by atoms with Crippen molar-refractivity contribution in [3.8, 4) is 0 Å². The fourth-order valence-electron chi connectivity index (χ4n) is 2.05. The van der Waals surface area contributed by atoms with E-state index in [2.05, 4.69) is 18.8 Å². The van der Waals surface area contributed by atoms with Crippen LogP contribution in [0.25, 0.3) is 5.65 Å². The number of fused-ring (bicyclic) bond motifs is 1. The SMILES string of the molecule is CN(CC(C)(C)CN)C(=O)c1ccc2nccn2c1.Cl.Cl. The van der Waals surface area contributed by atoms with Crippen LogP contribution < -0.4 is 5.73 Å². The second kappa shape index (κ2) is 7.64. The molecule has 0 unspecified atom stereocenters. The van der Waals surface area contributed by atoms with E-state index in [-0.39, 0.29) is 36.1 Å². The minimum absolute atomic E-state index is 0. The molecule has 0 saturated heterocycles. The lowest BCUT2D eigenvalue weighted by atomic mass is 9.93. The fraction of sp³-hybridized carbons (Fsp3) is 0.429. The van der Waals surface area contributed by atoms with Crippen LogP contribution >= 0.6 is 24.8 Å². The van der Waals surface area contributed by atoms with Crippen molar-refractivity contribution in [2.24, 2.45) is 11.1 Å². The summed E-state index contributed by atoms with van der Waals surface area (Å²) in [6, 6.07) is 3.64. The van der Waals surface area contributed by atoms with Gasteiger partial charge in [-0.1, -0.05) is 13.8 Å². The second-order valence-corrected chi connectivity index (χ2v) is 5.64. The van der Waals surface area contributed by atoms with Gasteiger partial charge in [0.05, 0.1) is 5.56 Å². The maximum atomic E-state index is 12.4. The lowest BCUT2D eigenvalue weighted by Gasteiger charge is -2.29. The number of halogens is 2. The van der Waals surface area contributed by atoms with E-state index >= 15 is 0 Å². The molecule has 0 aliphatic carbocycles. The predicted molar refractivity (Wildman–Crippen MR) is 89.5 cm³/mol. The van der Waals surface area contributed by atoms with Crippen LogP contribution in [-0.2, 0) is 0 Å². The zero-order valence-electron chi connectivity index (χ0n) is 12.4. The van der Waals surface area contributed by atoms with Crippen molar-refractivity contribution in [1.82, 2.24) is 14.3 Å². The molecule has 21 heavy (non-hydrogen) atoms. The Bertz CT molecular complexity index is 597. The molecule has 0 atom stereocenters. The van der Waals surface area contributed by atoms with E-state index in [0.29, 0.717) is 18.7 Å². The lowest BCUT2D eigenvalue weighted by Crippen LogP contribution is -2.39. The van der Waals surface area contributed by atoms with E-state index in [4.69, 9.17) is 5.73 Å². The molecule has 2 aromatic rings. The van der Waals surface area contributed by atoms with Crippen LogP contribution in [0.5, 0.6) is 0 Å². The number of carbonyl (C=O) groups excluding carboxylic acids is 1. The number of amides is 1. The molecule has 2 N–H and O–H groups in total. The number of nitrogens with two attached hydrogens (primary N) is 1. The molecular weight excluding hydrogens is 311 g/mol. The quantitative estimate of drug-likeness (QED) is 0.933. The molecule has 0 fully saturated rings. The summed E-state index contributed by atoms with van der Waals surface area (Å²) in [7, 11) is 1.80. The van der Waals surface area contributed by atoms with E-state index in [1.807, 2.05) is 16.7 Å². The Kier molecular flexibility index (Phi) is 7.16. The molecule has 7 heteroatoms. The van der Waals surface area contributed by atoms with Gasteiger partial charge in [0, 0.05) is 32.2 Å². The van der Waals surface area contributed by atoms with Crippen molar-refractivity contribution in [2.45, 2.75) is 13.8 Å². The highest BCUT2D eigenvalue weighted by molar-refractivity contribution is 5.94. The first-order valence-electron chi connectivity index (χ1n) is 6.31. The number of pyridine rings is 1. The lowest BCUT2D eigenvalue weighted by molar-refractivity contribution is 0.0740. The van der Waals surface area contributed by atoms with Crippen LogP contribution in [0.15, 0.2) is 30.7 Å². The Labute approximate surface area is 137 Å². The topological polar surface area (TPSA) is 63.6 Å². The van der Waals surface area contributed by atoms with Gasteiger partial charge in [0.1, 0.15) is 5.65 Å². The van der Waals surface area contributed by atoms with Crippen molar-refractivity contribution >= 4 is 36.4 Å². The summed E-state index contributed by atoms with van der Waals surface area (Å²) in [6.07, 6.45) is 5.34. The number of carbonyl (C=O) groups is 1. The van der Waals surface area contributed by atoms with Gasteiger partial charge in [-0.2, -0.15) is 0 Å². The van der Waals surface area contributed by atoms with Gasteiger partial charge in [-0.15, -0.1) is 24.8 Å². The van der Waals surface area contributed by atoms with Gasteiger partial charge in [0.2, 0.25) is 0 Å². The summed E-state index contributed by atoms with van der Waals surface area (Å²) >= 11 is 0. The molecule has 0 aliphatic rings. The Balaban J connectivity index is 0.00000200. The van der Waals surface area contributed by atoms with Crippen molar-refractivity contribution in [3.63, 3.8) is 0 Å². The number of rotatable bonds is 4. The van der Waals surface area contributed by atoms with Gasteiger partial charge in [0.15, 0.2) is 0 Å². The summed E-state index contributed by atoms with van der Waals surface area (Å²) in [5, 5.41) is 0. The van der Waals surface area contributed by atoms with Gasteiger partial charge in [0.25, 0.3) is 5.91 Å². The first-order chi connectivity index (χ1) is 8.93. The summed E-state index contributed by atoms with van der Waals surface area (Å²) in [4.78, 5) is 18.2. The maximum Gasteiger partial charge on any atom is 0.255 e. The van der Waals surface area contributed by atoms with E-state index in [1.54, 1.807) is 30.4 Å². The van der Waals surface area contributed by atoms with Crippen LogP contribution in [0.4, 0.5) is 0 Å². The van der Waals surface area contributed by atoms with E-state index in [9.17, 15) is 4.79 Å². The maximum absolute atomic E-state index is 12.4. The Hall–Kier alpha value is -1.30. The van der Waals surface area contributed by atoms with E-state index in [1.165, 1.54) is 0 Å². The highest BCUT2D eigenvalue weighted by Gasteiger charge is 2.22. The van der Waals surface area contributed by atoms with Gasteiger partial charge >= 0.3 is 0 Å². The highest BCUT2D eigenvalue weighted by Crippen LogP contribution is 2.16. The van der Waals surface area contributed by atoms with Gasteiger partial charge in [-0.05, 0) is 24.1 Å². The monoisotopic (exact) mass is 332 g/mol. The summed E-state index contributed by atoms with van der Waals surface area (Å²) < 4.78 is 1.84. The minimum atomic E-state index is -0.0798. The molecule has 0 bridgehead atoms. The number of nitrogens with zero attached hydrogens (tertiary/aromatic N) is 3. The van der Waals surface area contributed by atoms with E-state index < -0.39 is 0 Å². The van der Waals surface area contributed by atoms with Crippen molar-refractivity contribution in [2.75, 3.05) is 20.1 Å². The average Bonchev–Trinajstić information content (AvgIpc) is 2.84. The van der Waals surface area contributed by atoms with Crippen LogP contribution in [-0.4, -0.2) is 40.3 Å². The Morgan fingerprint density at radius 3 is 2.67 bits per heavy atom. The first kappa shape index (κ1) is 19.7. The third-order valence-corrected chi connectivity index (χ3v) is 3.20. The smallest absolute Gasteiger partial charge is 0.255 e. The third-order valence-electron chi connectivity index (χ3n) is 3.20. The molecule has 5 nitrogen and oxygen atoms in total. The number of imidazole rings is 1. The molecule has 0 aromatic carbocycles. The van der Waals surface area contributed by atoms with Gasteiger partial charge < -0.3 is 15.0 Å². The number of hydrogen-bond acceptors (Lipinski definition) is 3. The molecule has 0 spiro atoms. The summed E-state index contributed by atoms with van der Waals surface area (Å²) in [5.74, 6) is -0.00266. The Morgan fingerprint density at radius 1 is 1.38 bits per heavy atom. The van der Waals surface area contributed by atoms with Gasteiger partial charge in [-0.25, -0.2) is 4.98 Å². The number of aromatic nitrogens is 2. The minimum Gasteiger partial charge on any atom is -0.341 e. The molecule has 0 radical (unpaired) electrons. The molecule has 2 heterocycles. The number of hydrogen-bond donors (Lipinski definition) is 1. The molecule has 1 amide bonds. The average molecular weight is 333 g/mol. The first-order valence-corrected chi connectivity index (χ1v) is 6.31. The normalized spacial score (nSPS) is 10.7. The second-order valence-electron chi connectivity index (χ2n) is 5.64.